The van der Waals surface area contributed by atoms with Gasteiger partial charge in [-0.1, -0.05) is 41.9 Å². The topological polar surface area (TPSA) is 66.9 Å². The molecule has 1 aromatic heterocycles. The third-order valence-corrected chi connectivity index (χ3v) is 4.10. The smallest absolute Gasteiger partial charge is 0.270 e. The Morgan fingerprint density at radius 1 is 1.04 bits per heavy atom. The van der Waals surface area contributed by atoms with E-state index < -0.39 is 0 Å². The van der Waals surface area contributed by atoms with Crippen molar-refractivity contribution in [3.8, 4) is 0 Å². The first-order chi connectivity index (χ1) is 12.5. The van der Waals surface area contributed by atoms with E-state index in [1.54, 1.807) is 25.1 Å². The molecule has 26 heavy (non-hydrogen) atoms. The van der Waals surface area contributed by atoms with Crippen molar-refractivity contribution in [2.75, 3.05) is 5.32 Å². The molecule has 0 saturated heterocycles. The molecule has 3 aromatic rings. The fourth-order valence-corrected chi connectivity index (χ4v) is 2.60. The van der Waals surface area contributed by atoms with Crippen LogP contribution in [-0.4, -0.2) is 15.9 Å². The molecule has 0 atom stereocenters. The molecular formula is C20H19ClN4O. The van der Waals surface area contributed by atoms with Crippen molar-refractivity contribution in [1.82, 2.24) is 15.3 Å². The molecule has 0 spiro atoms. The van der Waals surface area contributed by atoms with Gasteiger partial charge in [0.1, 0.15) is 17.3 Å². The standard InChI is InChI=1S/C20H19ClN4O/c1-13-5-3-4-6-17(13)25-19-11-18(23-14(2)24-19)20(26)22-12-15-7-9-16(21)10-8-15/h3-11H,12H2,1-2H3,(H,22,26)(H,23,24,25). The van der Waals surface area contributed by atoms with Crippen molar-refractivity contribution in [2.24, 2.45) is 0 Å². The van der Waals surface area contributed by atoms with Crippen molar-refractivity contribution in [1.29, 1.82) is 0 Å². The molecule has 2 N–H and O–H groups in total. The number of aromatic nitrogens is 2. The van der Waals surface area contributed by atoms with Crippen LogP contribution in [0.1, 0.15) is 27.4 Å². The number of hydrogen-bond acceptors (Lipinski definition) is 4. The van der Waals surface area contributed by atoms with Gasteiger partial charge in [0.2, 0.25) is 0 Å². The number of nitrogens with one attached hydrogen (secondary N) is 2. The summed E-state index contributed by atoms with van der Waals surface area (Å²) in [7, 11) is 0. The zero-order valence-corrected chi connectivity index (χ0v) is 15.3. The van der Waals surface area contributed by atoms with E-state index in [0.717, 1.165) is 16.8 Å². The number of amides is 1. The summed E-state index contributed by atoms with van der Waals surface area (Å²) in [6.07, 6.45) is 0. The Hall–Kier alpha value is -2.92. The predicted octanol–water partition coefficient (Wildman–Crippen LogP) is 4.42. The Morgan fingerprint density at radius 3 is 2.50 bits per heavy atom. The number of benzene rings is 2. The molecule has 5 nitrogen and oxygen atoms in total. The van der Waals surface area contributed by atoms with Gasteiger partial charge in [-0.3, -0.25) is 4.79 Å². The maximum Gasteiger partial charge on any atom is 0.270 e. The van der Waals surface area contributed by atoms with Gasteiger partial charge in [0.15, 0.2) is 0 Å². The summed E-state index contributed by atoms with van der Waals surface area (Å²) in [6, 6.07) is 16.9. The number of rotatable bonds is 5. The molecule has 0 radical (unpaired) electrons. The lowest BCUT2D eigenvalue weighted by atomic mass is 10.2. The Labute approximate surface area is 157 Å². The highest BCUT2D eigenvalue weighted by Crippen LogP contribution is 2.19. The number of anilines is 2. The largest absolute Gasteiger partial charge is 0.347 e. The monoisotopic (exact) mass is 366 g/mol. The van der Waals surface area contributed by atoms with E-state index in [1.165, 1.54) is 0 Å². The molecule has 0 aliphatic carbocycles. The van der Waals surface area contributed by atoms with Gasteiger partial charge in [-0.15, -0.1) is 0 Å². The second kappa shape index (κ2) is 7.97. The summed E-state index contributed by atoms with van der Waals surface area (Å²) in [5.74, 6) is 0.863. The molecule has 0 saturated carbocycles. The first-order valence-corrected chi connectivity index (χ1v) is 8.60. The van der Waals surface area contributed by atoms with Crippen LogP contribution in [0.4, 0.5) is 11.5 Å². The highest BCUT2D eigenvalue weighted by atomic mass is 35.5. The molecule has 2 aromatic carbocycles. The van der Waals surface area contributed by atoms with Gasteiger partial charge in [-0.25, -0.2) is 9.97 Å². The molecule has 1 heterocycles. The maximum atomic E-state index is 12.5. The number of nitrogens with zero attached hydrogens (tertiary/aromatic N) is 2. The van der Waals surface area contributed by atoms with E-state index in [2.05, 4.69) is 20.6 Å². The number of carbonyl (C=O) groups is 1. The maximum absolute atomic E-state index is 12.5. The number of hydrogen-bond donors (Lipinski definition) is 2. The molecule has 6 heteroatoms. The van der Waals surface area contributed by atoms with Gasteiger partial charge >= 0.3 is 0 Å². The van der Waals surface area contributed by atoms with Gasteiger partial charge in [0, 0.05) is 23.3 Å². The Bertz CT molecular complexity index is 925. The van der Waals surface area contributed by atoms with Crippen LogP contribution in [0.15, 0.2) is 54.6 Å². The molecule has 0 unspecified atom stereocenters. The summed E-state index contributed by atoms with van der Waals surface area (Å²) in [5, 5.41) is 6.77. The zero-order valence-electron chi connectivity index (χ0n) is 14.6. The van der Waals surface area contributed by atoms with Crippen molar-refractivity contribution >= 4 is 29.0 Å². The predicted molar refractivity (Wildman–Crippen MR) is 104 cm³/mol. The number of aryl methyl sites for hydroxylation is 2. The average Bonchev–Trinajstić information content (AvgIpc) is 2.62. The minimum atomic E-state index is -0.252. The normalized spacial score (nSPS) is 10.4. The van der Waals surface area contributed by atoms with E-state index in [-0.39, 0.29) is 5.91 Å². The van der Waals surface area contributed by atoms with Crippen LogP contribution < -0.4 is 10.6 Å². The van der Waals surface area contributed by atoms with Crippen LogP contribution in [0.3, 0.4) is 0 Å². The Kier molecular flexibility index (Phi) is 5.49. The summed E-state index contributed by atoms with van der Waals surface area (Å²) < 4.78 is 0. The second-order valence-electron chi connectivity index (χ2n) is 5.93. The lowest BCUT2D eigenvalue weighted by molar-refractivity contribution is 0.0945. The third kappa shape index (κ3) is 4.58. The molecule has 0 bridgehead atoms. The fraction of sp³-hybridized carbons (Fsp3) is 0.150. The van der Waals surface area contributed by atoms with E-state index in [4.69, 9.17) is 11.6 Å². The van der Waals surface area contributed by atoms with Gasteiger partial charge in [-0.05, 0) is 43.2 Å². The quantitative estimate of drug-likeness (QED) is 0.701. The van der Waals surface area contributed by atoms with Crippen LogP contribution in [0.2, 0.25) is 5.02 Å². The van der Waals surface area contributed by atoms with Crippen molar-refractivity contribution < 1.29 is 4.79 Å². The van der Waals surface area contributed by atoms with E-state index in [1.807, 2.05) is 43.3 Å². The van der Waals surface area contributed by atoms with Gasteiger partial charge in [-0.2, -0.15) is 0 Å². The zero-order chi connectivity index (χ0) is 18.5. The average molecular weight is 367 g/mol. The van der Waals surface area contributed by atoms with Gasteiger partial charge in [0.05, 0.1) is 0 Å². The van der Waals surface area contributed by atoms with E-state index >= 15 is 0 Å². The molecule has 3 rings (SSSR count). The summed E-state index contributed by atoms with van der Waals surface area (Å²) >= 11 is 5.87. The summed E-state index contributed by atoms with van der Waals surface area (Å²) in [4.78, 5) is 21.1. The minimum Gasteiger partial charge on any atom is -0.347 e. The van der Waals surface area contributed by atoms with Crippen LogP contribution in [0.25, 0.3) is 0 Å². The van der Waals surface area contributed by atoms with E-state index in [0.29, 0.717) is 28.9 Å². The molecule has 132 valence electrons. The molecule has 1 amide bonds. The van der Waals surface area contributed by atoms with Crippen LogP contribution in [-0.2, 0) is 6.54 Å². The van der Waals surface area contributed by atoms with Crippen LogP contribution >= 0.6 is 11.6 Å². The second-order valence-corrected chi connectivity index (χ2v) is 6.37. The van der Waals surface area contributed by atoms with Crippen molar-refractivity contribution in [3.05, 3.63) is 82.3 Å². The highest BCUT2D eigenvalue weighted by molar-refractivity contribution is 6.30. The summed E-state index contributed by atoms with van der Waals surface area (Å²) in [6.45, 7) is 4.18. The number of halogens is 1. The van der Waals surface area contributed by atoms with Crippen LogP contribution in [0.5, 0.6) is 0 Å². The molecule has 0 fully saturated rings. The minimum absolute atomic E-state index is 0.252. The first kappa shape index (κ1) is 17.9. The summed E-state index contributed by atoms with van der Waals surface area (Å²) in [5.41, 5.74) is 3.32. The Morgan fingerprint density at radius 2 is 1.77 bits per heavy atom. The Balaban J connectivity index is 1.73. The number of carbonyl (C=O) groups excluding carboxylic acids is 1. The SMILES string of the molecule is Cc1nc(Nc2ccccc2C)cc(C(=O)NCc2ccc(Cl)cc2)n1. The van der Waals surface area contributed by atoms with Gasteiger partial charge in [0.25, 0.3) is 5.91 Å². The molecule has 0 aliphatic rings. The molecule has 0 aliphatic heterocycles. The highest BCUT2D eigenvalue weighted by Gasteiger charge is 2.11. The van der Waals surface area contributed by atoms with Crippen molar-refractivity contribution in [2.45, 2.75) is 20.4 Å². The first-order valence-electron chi connectivity index (χ1n) is 8.22. The van der Waals surface area contributed by atoms with Gasteiger partial charge < -0.3 is 10.6 Å². The number of para-hydroxylation sites is 1. The van der Waals surface area contributed by atoms with E-state index in [9.17, 15) is 4.79 Å². The lowest BCUT2D eigenvalue weighted by Gasteiger charge is -2.11. The van der Waals surface area contributed by atoms with Crippen LogP contribution in [0, 0.1) is 13.8 Å². The fourth-order valence-electron chi connectivity index (χ4n) is 2.47. The lowest BCUT2D eigenvalue weighted by Crippen LogP contribution is -2.24. The molecular weight excluding hydrogens is 348 g/mol. The van der Waals surface area contributed by atoms with Crippen molar-refractivity contribution in [3.63, 3.8) is 0 Å². The third-order valence-electron chi connectivity index (χ3n) is 3.84.